The zero-order valence-electron chi connectivity index (χ0n) is 17.4. The van der Waals surface area contributed by atoms with E-state index < -0.39 is 9.84 Å². The van der Waals surface area contributed by atoms with E-state index in [9.17, 15) is 13.2 Å². The average Bonchev–Trinajstić information content (AvgIpc) is 2.94. The molecule has 0 bridgehead atoms. The van der Waals surface area contributed by atoms with E-state index in [2.05, 4.69) is 26.0 Å². The van der Waals surface area contributed by atoms with Crippen LogP contribution in [-0.2, 0) is 21.2 Å². The van der Waals surface area contributed by atoms with E-state index in [4.69, 9.17) is 23.2 Å². The molecule has 1 saturated carbocycles. The van der Waals surface area contributed by atoms with Gasteiger partial charge in [0.15, 0.2) is 9.84 Å². The van der Waals surface area contributed by atoms with Gasteiger partial charge in [0, 0.05) is 12.6 Å². The van der Waals surface area contributed by atoms with Crippen LogP contribution in [0.5, 0.6) is 0 Å². The molecular weight excluding hydrogens is 429 g/mol. The van der Waals surface area contributed by atoms with Crippen molar-refractivity contribution in [3.8, 4) is 0 Å². The number of benzene rings is 1. The minimum Gasteiger partial charge on any atom is -0.334 e. The van der Waals surface area contributed by atoms with Crippen LogP contribution >= 0.6 is 23.2 Å². The van der Waals surface area contributed by atoms with Gasteiger partial charge >= 0.3 is 0 Å². The molecule has 3 rings (SSSR count). The first-order chi connectivity index (χ1) is 13.4. The molecule has 3 atom stereocenters. The Morgan fingerprint density at radius 1 is 1.24 bits per heavy atom. The fourth-order valence-corrected chi connectivity index (χ4v) is 6.39. The minimum atomic E-state index is -3.10. The molecule has 1 amide bonds. The smallest absolute Gasteiger partial charge is 0.227 e. The van der Waals surface area contributed by atoms with E-state index in [1.54, 1.807) is 11.0 Å². The van der Waals surface area contributed by atoms with E-state index in [1.807, 2.05) is 26.0 Å². The van der Waals surface area contributed by atoms with Crippen LogP contribution in [0.3, 0.4) is 0 Å². The number of nitrogens with zero attached hydrogens (tertiary/aromatic N) is 1. The molecule has 3 unspecified atom stereocenters. The monoisotopic (exact) mass is 457 g/mol. The number of amides is 1. The molecule has 4 nitrogen and oxygen atoms in total. The molecule has 160 valence electrons. The Morgan fingerprint density at radius 3 is 2.34 bits per heavy atom. The van der Waals surface area contributed by atoms with Gasteiger partial charge in [0.1, 0.15) is 4.49 Å². The highest BCUT2D eigenvalue weighted by molar-refractivity contribution is 7.91. The lowest BCUT2D eigenvalue weighted by Crippen LogP contribution is -2.42. The summed E-state index contributed by atoms with van der Waals surface area (Å²) >= 11 is 11.7. The van der Waals surface area contributed by atoms with Crippen LogP contribution in [0.25, 0.3) is 0 Å². The van der Waals surface area contributed by atoms with Gasteiger partial charge in [0.25, 0.3) is 0 Å². The Hall–Kier alpha value is -1.04. The van der Waals surface area contributed by atoms with Crippen molar-refractivity contribution in [2.24, 2.45) is 17.3 Å². The highest BCUT2D eigenvalue weighted by Gasteiger charge is 2.62. The normalized spacial score (nSPS) is 26.9. The summed E-state index contributed by atoms with van der Waals surface area (Å²) < 4.78 is 24.3. The van der Waals surface area contributed by atoms with Gasteiger partial charge in [-0.05, 0) is 40.9 Å². The van der Waals surface area contributed by atoms with Gasteiger partial charge in [-0.3, -0.25) is 4.79 Å². The first kappa shape index (κ1) is 22.6. The van der Waals surface area contributed by atoms with E-state index in [0.29, 0.717) is 18.9 Å². The number of sulfone groups is 1. The quantitative estimate of drug-likeness (QED) is 0.608. The van der Waals surface area contributed by atoms with Gasteiger partial charge in [-0.1, -0.05) is 75.2 Å². The van der Waals surface area contributed by atoms with Crippen molar-refractivity contribution < 1.29 is 13.2 Å². The molecule has 1 aromatic carbocycles. The topological polar surface area (TPSA) is 54.5 Å². The van der Waals surface area contributed by atoms with Gasteiger partial charge in [0.05, 0.1) is 17.4 Å². The molecule has 0 radical (unpaired) electrons. The number of carbonyl (C=O) groups is 1. The van der Waals surface area contributed by atoms with E-state index in [1.165, 1.54) is 5.56 Å². The largest absolute Gasteiger partial charge is 0.334 e. The molecule has 1 aliphatic carbocycles. The van der Waals surface area contributed by atoms with Crippen molar-refractivity contribution >= 4 is 38.9 Å². The fourth-order valence-electron chi connectivity index (χ4n) is 4.39. The number of hydrogen-bond acceptors (Lipinski definition) is 3. The predicted molar refractivity (Wildman–Crippen MR) is 119 cm³/mol. The molecule has 1 aromatic rings. The lowest BCUT2D eigenvalue weighted by atomic mass is 10.0. The lowest BCUT2D eigenvalue weighted by molar-refractivity contribution is -0.136. The van der Waals surface area contributed by atoms with Crippen LogP contribution in [0.4, 0.5) is 0 Å². The first-order valence-electron chi connectivity index (χ1n) is 10.0. The molecule has 1 aliphatic heterocycles. The van der Waals surface area contributed by atoms with Crippen molar-refractivity contribution in [2.45, 2.75) is 52.6 Å². The van der Waals surface area contributed by atoms with Crippen molar-refractivity contribution in [2.75, 3.05) is 11.5 Å². The zero-order chi connectivity index (χ0) is 21.6. The zero-order valence-corrected chi connectivity index (χ0v) is 19.7. The highest BCUT2D eigenvalue weighted by Crippen LogP contribution is 2.60. The Morgan fingerprint density at radius 2 is 1.86 bits per heavy atom. The van der Waals surface area contributed by atoms with E-state index >= 15 is 0 Å². The van der Waals surface area contributed by atoms with Crippen LogP contribution in [0, 0.1) is 17.3 Å². The SMILES string of the molecule is CC(C)c1ccc(CN(C(=O)C2C(C=C(Cl)Cl)C2(C)C)C2CCS(=O)(=O)C2)cc1. The van der Waals surface area contributed by atoms with Gasteiger partial charge in [-0.2, -0.15) is 0 Å². The molecule has 1 heterocycles. The summed E-state index contributed by atoms with van der Waals surface area (Å²) in [5.41, 5.74) is 2.00. The fraction of sp³-hybridized carbons (Fsp3) is 0.591. The number of hydrogen-bond donors (Lipinski definition) is 0. The molecule has 2 fully saturated rings. The highest BCUT2D eigenvalue weighted by atomic mass is 35.5. The Labute approximate surface area is 184 Å². The van der Waals surface area contributed by atoms with Crippen LogP contribution in [-0.4, -0.2) is 36.8 Å². The van der Waals surface area contributed by atoms with Crippen molar-refractivity contribution in [3.05, 3.63) is 46.0 Å². The summed E-state index contributed by atoms with van der Waals surface area (Å²) in [7, 11) is -3.10. The molecule has 7 heteroatoms. The Bertz CT molecular complexity index is 902. The summed E-state index contributed by atoms with van der Waals surface area (Å²) in [6, 6.07) is 7.93. The Balaban J connectivity index is 1.86. The first-order valence-corrected chi connectivity index (χ1v) is 12.6. The number of carbonyl (C=O) groups excluding carboxylic acids is 1. The standard InChI is InChI=1S/C22H29Cl2NO3S/c1-14(2)16-7-5-15(6-8-16)12-25(17-9-10-29(27,28)13-17)21(26)20-18(11-19(23)24)22(20,3)4/h5-8,11,14,17-18,20H,9-10,12-13H2,1-4H3. The van der Waals surface area contributed by atoms with Crippen LogP contribution in [0.15, 0.2) is 34.8 Å². The number of rotatable bonds is 6. The minimum absolute atomic E-state index is 0.0131. The van der Waals surface area contributed by atoms with E-state index in [0.717, 1.165) is 5.56 Å². The van der Waals surface area contributed by atoms with Gasteiger partial charge in [-0.15, -0.1) is 0 Å². The summed E-state index contributed by atoms with van der Waals surface area (Å²) in [5, 5.41) is 0. The third-order valence-corrected chi connectivity index (χ3v) is 8.42. The third kappa shape index (κ3) is 5.00. The van der Waals surface area contributed by atoms with Gasteiger partial charge in [-0.25, -0.2) is 8.42 Å². The van der Waals surface area contributed by atoms with Crippen molar-refractivity contribution in [3.63, 3.8) is 0 Å². The maximum atomic E-state index is 13.5. The number of allylic oxidation sites excluding steroid dienone is 1. The molecule has 0 spiro atoms. The second kappa shape index (κ2) is 8.24. The molecule has 29 heavy (non-hydrogen) atoms. The lowest BCUT2D eigenvalue weighted by Gasteiger charge is -2.29. The van der Waals surface area contributed by atoms with Crippen LogP contribution < -0.4 is 0 Å². The van der Waals surface area contributed by atoms with Crippen LogP contribution in [0.2, 0.25) is 0 Å². The summed E-state index contributed by atoms with van der Waals surface area (Å²) in [4.78, 5) is 15.3. The number of halogens is 2. The van der Waals surface area contributed by atoms with Crippen LogP contribution in [0.1, 0.15) is 51.2 Å². The Kier molecular flexibility index (Phi) is 6.43. The van der Waals surface area contributed by atoms with Crippen molar-refractivity contribution in [1.82, 2.24) is 4.90 Å². The predicted octanol–water partition coefficient (Wildman–Crippen LogP) is 4.92. The molecule has 2 aliphatic rings. The summed E-state index contributed by atoms with van der Waals surface area (Å²) in [6.07, 6.45) is 2.22. The second-order valence-corrected chi connectivity index (χ2v) is 12.4. The summed E-state index contributed by atoms with van der Waals surface area (Å²) in [5.74, 6) is 0.311. The maximum Gasteiger partial charge on any atom is 0.227 e. The molecular formula is C22H29Cl2NO3S. The second-order valence-electron chi connectivity index (χ2n) is 9.20. The summed E-state index contributed by atoms with van der Waals surface area (Å²) in [6.45, 7) is 8.73. The maximum absolute atomic E-state index is 13.5. The molecule has 1 saturated heterocycles. The van der Waals surface area contributed by atoms with Crippen molar-refractivity contribution in [1.29, 1.82) is 0 Å². The van der Waals surface area contributed by atoms with Gasteiger partial charge in [0.2, 0.25) is 5.91 Å². The third-order valence-electron chi connectivity index (χ3n) is 6.41. The average molecular weight is 458 g/mol. The van der Waals surface area contributed by atoms with Gasteiger partial charge < -0.3 is 4.90 Å². The molecule has 0 aromatic heterocycles. The van der Waals surface area contributed by atoms with E-state index in [-0.39, 0.29) is 45.2 Å². The molecule has 0 N–H and O–H groups in total.